The Labute approximate surface area is 208 Å². The van der Waals surface area contributed by atoms with Gasteiger partial charge in [0.05, 0.1) is 45.8 Å². The summed E-state index contributed by atoms with van der Waals surface area (Å²) in [4.78, 5) is 40.4. The molecule has 3 aliphatic rings. The standard InChI is InChI=1S/C27H29N5O4/c1-6-27(35)17-10-20-22-15(12-31(20)24(33)16(17)13-36-25(27)34)23-21-18(28-22)8-7-9-19(21)29-26(30(4)5)32(23)11-14(2)3/h7-10,14,35H,6,11-13H2,1-5H3. The van der Waals surface area contributed by atoms with Crippen LogP contribution in [0, 0.1) is 5.92 Å². The number of guanidine groups is 1. The molecule has 0 saturated heterocycles. The van der Waals surface area contributed by atoms with E-state index in [1.165, 1.54) is 0 Å². The quantitative estimate of drug-likeness (QED) is 0.443. The molecule has 6 rings (SSSR count). The number of fused-ring (bicyclic) bond motifs is 5. The minimum atomic E-state index is -1.85. The van der Waals surface area contributed by atoms with Crippen LogP contribution in [0.4, 0.5) is 11.4 Å². The lowest BCUT2D eigenvalue weighted by atomic mass is 9.86. The predicted octanol–water partition coefficient (Wildman–Crippen LogP) is 3.10. The number of ether oxygens (including phenoxy) is 1. The third-order valence-corrected chi connectivity index (χ3v) is 7.34. The molecule has 0 amide bonds. The lowest BCUT2D eigenvalue weighted by Gasteiger charge is -2.36. The number of aliphatic hydroxyl groups is 1. The molecule has 3 aliphatic heterocycles. The number of rotatable bonds is 3. The summed E-state index contributed by atoms with van der Waals surface area (Å²) >= 11 is 0. The maximum Gasteiger partial charge on any atom is 0.343 e. The van der Waals surface area contributed by atoms with Crippen molar-refractivity contribution in [2.24, 2.45) is 10.9 Å². The number of carbonyl (C=O) groups excluding carboxylic acids is 1. The van der Waals surface area contributed by atoms with E-state index in [1.807, 2.05) is 37.2 Å². The molecule has 5 heterocycles. The van der Waals surface area contributed by atoms with Crippen molar-refractivity contribution in [2.45, 2.75) is 45.9 Å². The minimum absolute atomic E-state index is 0.110. The third kappa shape index (κ3) is 2.92. The molecule has 2 aromatic heterocycles. The largest absolute Gasteiger partial charge is 0.458 e. The number of aliphatic imine (C=N–C) groups is 1. The molecule has 1 N–H and O–H groups in total. The summed E-state index contributed by atoms with van der Waals surface area (Å²) in [7, 11) is 3.96. The van der Waals surface area contributed by atoms with Gasteiger partial charge in [-0.25, -0.2) is 14.8 Å². The molecule has 0 bridgehead atoms. The zero-order chi connectivity index (χ0) is 25.5. The van der Waals surface area contributed by atoms with Crippen molar-refractivity contribution < 1.29 is 14.6 Å². The van der Waals surface area contributed by atoms with Crippen LogP contribution in [0.25, 0.3) is 22.3 Å². The highest BCUT2D eigenvalue weighted by atomic mass is 16.6. The first kappa shape index (κ1) is 22.7. The number of aromatic nitrogens is 2. The average Bonchev–Trinajstić information content (AvgIpc) is 3.21. The first-order valence-electron chi connectivity index (χ1n) is 12.3. The molecule has 0 radical (unpaired) electrons. The molecule has 0 fully saturated rings. The Balaban J connectivity index is 1.66. The van der Waals surface area contributed by atoms with E-state index in [0.717, 1.165) is 40.3 Å². The monoisotopic (exact) mass is 487 g/mol. The number of carbonyl (C=O) groups is 1. The summed E-state index contributed by atoms with van der Waals surface area (Å²) < 4.78 is 6.91. The SMILES string of the molecule is CCC1(O)C(=O)OCc2c1cc1n(c2=O)Cc2c-1nc1cccc3c1c2N(CC(C)C)C(N(C)C)=N3. The van der Waals surface area contributed by atoms with Crippen LogP contribution in [-0.4, -0.2) is 52.1 Å². The number of esters is 1. The first-order valence-corrected chi connectivity index (χ1v) is 12.3. The van der Waals surface area contributed by atoms with Crippen LogP contribution in [0.2, 0.25) is 0 Å². The van der Waals surface area contributed by atoms with Gasteiger partial charge in [-0.15, -0.1) is 0 Å². The molecular formula is C27H29N5O4. The Morgan fingerprint density at radius 3 is 2.69 bits per heavy atom. The van der Waals surface area contributed by atoms with Gasteiger partial charge in [-0.2, -0.15) is 0 Å². The maximum absolute atomic E-state index is 13.7. The number of pyridine rings is 2. The van der Waals surface area contributed by atoms with Gasteiger partial charge in [-0.05, 0) is 30.5 Å². The Bertz CT molecular complexity index is 1550. The Hall–Kier alpha value is -3.72. The second-order valence-corrected chi connectivity index (χ2v) is 10.4. The fraction of sp³-hybridized carbons (Fsp3) is 0.407. The summed E-state index contributed by atoms with van der Waals surface area (Å²) in [5.41, 5.74) is 3.44. The van der Waals surface area contributed by atoms with Crippen LogP contribution >= 0.6 is 0 Å². The van der Waals surface area contributed by atoms with Gasteiger partial charge >= 0.3 is 5.97 Å². The van der Waals surface area contributed by atoms with Crippen LogP contribution in [0.5, 0.6) is 0 Å². The summed E-state index contributed by atoms with van der Waals surface area (Å²) in [6, 6.07) is 7.66. The topological polar surface area (TPSA) is 100 Å². The minimum Gasteiger partial charge on any atom is -0.458 e. The van der Waals surface area contributed by atoms with Gasteiger partial charge in [0.15, 0.2) is 5.60 Å². The van der Waals surface area contributed by atoms with Crippen molar-refractivity contribution in [2.75, 3.05) is 25.5 Å². The van der Waals surface area contributed by atoms with Gasteiger partial charge < -0.3 is 24.2 Å². The smallest absolute Gasteiger partial charge is 0.343 e. The molecular weight excluding hydrogens is 458 g/mol. The molecule has 3 aromatic rings. The molecule has 9 nitrogen and oxygen atoms in total. The number of anilines is 1. The molecule has 1 aromatic carbocycles. The second kappa shape index (κ2) is 7.64. The van der Waals surface area contributed by atoms with E-state index in [2.05, 4.69) is 18.7 Å². The molecule has 36 heavy (non-hydrogen) atoms. The first-order chi connectivity index (χ1) is 17.2. The summed E-state index contributed by atoms with van der Waals surface area (Å²) in [6.45, 7) is 6.99. The Morgan fingerprint density at radius 1 is 1.22 bits per heavy atom. The van der Waals surface area contributed by atoms with Gasteiger partial charge in [-0.3, -0.25) is 4.79 Å². The highest BCUT2D eigenvalue weighted by Gasteiger charge is 2.46. The maximum atomic E-state index is 13.7. The molecule has 186 valence electrons. The molecule has 9 heteroatoms. The van der Waals surface area contributed by atoms with Crippen molar-refractivity contribution in [3.63, 3.8) is 0 Å². The normalized spacial score (nSPS) is 19.7. The van der Waals surface area contributed by atoms with Gasteiger partial charge in [-0.1, -0.05) is 26.8 Å². The van der Waals surface area contributed by atoms with Gasteiger partial charge in [0, 0.05) is 31.8 Å². The number of nitrogens with zero attached hydrogens (tertiary/aromatic N) is 5. The highest BCUT2D eigenvalue weighted by molar-refractivity contribution is 6.15. The zero-order valence-electron chi connectivity index (χ0n) is 21.1. The summed E-state index contributed by atoms with van der Waals surface area (Å²) in [6.07, 6.45) is 0.110. The van der Waals surface area contributed by atoms with Crippen LogP contribution in [0.1, 0.15) is 43.9 Å². The average molecular weight is 488 g/mol. The van der Waals surface area contributed by atoms with Crippen LogP contribution < -0.4 is 10.5 Å². The van der Waals surface area contributed by atoms with Crippen molar-refractivity contribution in [3.8, 4) is 11.4 Å². The Kier molecular flexibility index (Phi) is 4.82. The molecule has 0 spiro atoms. The fourth-order valence-corrected chi connectivity index (χ4v) is 5.63. The molecule has 0 aliphatic carbocycles. The lowest BCUT2D eigenvalue weighted by molar-refractivity contribution is -0.172. The van der Waals surface area contributed by atoms with Crippen LogP contribution in [0.15, 0.2) is 34.1 Å². The number of cyclic esters (lactones) is 1. The number of benzene rings is 1. The second-order valence-electron chi connectivity index (χ2n) is 10.4. The highest BCUT2D eigenvalue weighted by Crippen LogP contribution is 2.47. The van der Waals surface area contributed by atoms with E-state index in [9.17, 15) is 14.7 Å². The van der Waals surface area contributed by atoms with Crippen molar-refractivity contribution in [3.05, 3.63) is 51.3 Å². The zero-order valence-corrected chi connectivity index (χ0v) is 21.1. The van der Waals surface area contributed by atoms with Crippen LogP contribution in [-0.2, 0) is 28.3 Å². The molecule has 0 saturated carbocycles. The van der Waals surface area contributed by atoms with E-state index >= 15 is 0 Å². The summed E-state index contributed by atoms with van der Waals surface area (Å²) in [5.74, 6) is 0.473. The predicted molar refractivity (Wildman–Crippen MR) is 137 cm³/mol. The molecule has 1 atom stereocenters. The van der Waals surface area contributed by atoms with Crippen molar-refractivity contribution in [1.29, 1.82) is 0 Å². The lowest BCUT2D eigenvalue weighted by Crippen LogP contribution is -2.44. The number of hydrogen-bond acceptors (Lipinski definition) is 8. The van der Waals surface area contributed by atoms with E-state index in [0.29, 0.717) is 35.0 Å². The van der Waals surface area contributed by atoms with E-state index in [1.54, 1.807) is 17.6 Å². The third-order valence-electron chi connectivity index (χ3n) is 7.34. The van der Waals surface area contributed by atoms with Gasteiger partial charge in [0.1, 0.15) is 6.61 Å². The molecule has 1 unspecified atom stereocenters. The van der Waals surface area contributed by atoms with Crippen molar-refractivity contribution >= 4 is 34.2 Å². The van der Waals surface area contributed by atoms with E-state index in [-0.39, 0.29) is 18.6 Å². The Morgan fingerprint density at radius 2 is 2.00 bits per heavy atom. The van der Waals surface area contributed by atoms with Crippen molar-refractivity contribution in [1.82, 2.24) is 14.5 Å². The van der Waals surface area contributed by atoms with Crippen LogP contribution in [0.3, 0.4) is 0 Å². The van der Waals surface area contributed by atoms with E-state index < -0.39 is 11.6 Å². The van der Waals surface area contributed by atoms with E-state index in [4.69, 9.17) is 14.7 Å². The fourth-order valence-electron chi connectivity index (χ4n) is 5.63. The van der Waals surface area contributed by atoms with Gasteiger partial charge in [0.25, 0.3) is 5.56 Å². The van der Waals surface area contributed by atoms with Gasteiger partial charge in [0.2, 0.25) is 5.96 Å². The summed E-state index contributed by atoms with van der Waals surface area (Å²) in [5, 5.41) is 12.2. The number of hydrogen-bond donors (Lipinski definition) is 1.